The number of aromatic nitrogens is 1. The minimum absolute atomic E-state index is 0.0742. The maximum absolute atomic E-state index is 14.5. The van der Waals surface area contributed by atoms with Crippen LogP contribution < -0.4 is 13.8 Å². The number of carboxylic acids is 1. The highest BCUT2D eigenvalue weighted by Gasteiger charge is 2.37. The minimum Gasteiger partial charge on any atom is -0.486 e. The Morgan fingerprint density at radius 3 is 2.76 bits per heavy atom. The topological polar surface area (TPSA) is 126 Å². The van der Waals surface area contributed by atoms with Crippen molar-refractivity contribution in [3.63, 3.8) is 0 Å². The number of carbonyl (C=O) groups is 1. The molecular formula is C29H30ClFN2O7S. The maximum atomic E-state index is 14.5. The summed E-state index contributed by atoms with van der Waals surface area (Å²) in [7, 11) is -4.32. The van der Waals surface area contributed by atoms with Gasteiger partial charge in [-0.1, -0.05) is 29.8 Å². The maximum Gasteiger partial charge on any atom is 0.303 e. The van der Waals surface area contributed by atoms with E-state index in [0.717, 1.165) is 4.31 Å². The van der Waals surface area contributed by atoms with Gasteiger partial charge in [-0.3, -0.25) is 9.10 Å². The van der Waals surface area contributed by atoms with Crippen molar-refractivity contribution < 1.29 is 37.3 Å². The lowest BCUT2D eigenvalue weighted by Crippen LogP contribution is -2.44. The predicted octanol–water partition coefficient (Wildman–Crippen LogP) is 5.32. The van der Waals surface area contributed by atoms with E-state index >= 15 is 0 Å². The van der Waals surface area contributed by atoms with Gasteiger partial charge in [0.05, 0.1) is 23.4 Å². The Hall–Kier alpha value is -3.67. The summed E-state index contributed by atoms with van der Waals surface area (Å²) < 4.78 is 55.6. The molecular weight excluding hydrogens is 575 g/mol. The van der Waals surface area contributed by atoms with Crippen molar-refractivity contribution in [3.8, 4) is 11.6 Å². The zero-order valence-corrected chi connectivity index (χ0v) is 24.2. The molecule has 218 valence electrons. The van der Waals surface area contributed by atoms with Gasteiger partial charge in [0.25, 0.3) is 10.0 Å². The molecule has 0 aliphatic carbocycles. The summed E-state index contributed by atoms with van der Waals surface area (Å²) in [6.07, 6.45) is 1.39. The number of anilines is 1. The first-order valence-electron chi connectivity index (χ1n) is 12.8. The third-order valence-corrected chi connectivity index (χ3v) is 8.41. The van der Waals surface area contributed by atoms with Crippen molar-refractivity contribution in [3.05, 3.63) is 76.2 Å². The standard InChI is InChI=1S/C29H30ClFN2O7S/c1-17-11-26(29(32-14-17)39-16-19(3)34)41(37,38)33-15-21(8-10-27(35)36)40-25-9-7-20(13-24(25)33)12-18(2)28-22(30)5-4-6-23(28)31/h4-7,9,11-14,19,21,34H,8,10,15-16H2,1-3H3,(H,35,36)/b18-12+/t19-,21+/m1/s1. The molecule has 0 spiro atoms. The SMILES string of the molecule is C/C(=C\c1ccc2c(c1)N(S(=O)(=O)c1cc(C)cnc1OC[C@@H](C)O)C[C@H](CCC(=O)O)O2)c1c(F)cccc1Cl. The van der Waals surface area contributed by atoms with E-state index in [9.17, 15) is 27.8 Å². The Kier molecular flexibility index (Phi) is 9.21. The number of rotatable bonds is 10. The number of aliphatic carboxylic acids is 1. The van der Waals surface area contributed by atoms with Crippen molar-refractivity contribution in [2.45, 2.75) is 50.7 Å². The third kappa shape index (κ3) is 6.98. The van der Waals surface area contributed by atoms with E-state index in [1.165, 1.54) is 31.3 Å². The van der Waals surface area contributed by atoms with Gasteiger partial charge in [0, 0.05) is 18.2 Å². The monoisotopic (exact) mass is 604 g/mol. The number of pyridine rings is 1. The van der Waals surface area contributed by atoms with Crippen LogP contribution in [0.1, 0.15) is 43.4 Å². The molecule has 4 rings (SSSR count). The number of aryl methyl sites for hydroxylation is 1. The minimum atomic E-state index is -4.32. The lowest BCUT2D eigenvalue weighted by atomic mass is 10.0. The van der Waals surface area contributed by atoms with Crippen LogP contribution in [0.25, 0.3) is 11.6 Å². The molecule has 1 aliphatic rings. The smallest absolute Gasteiger partial charge is 0.303 e. The summed E-state index contributed by atoms with van der Waals surface area (Å²) >= 11 is 6.23. The number of ether oxygens (including phenoxy) is 2. The predicted molar refractivity (Wildman–Crippen MR) is 153 cm³/mol. The Labute approximate surface area is 242 Å². The average Bonchev–Trinajstić information content (AvgIpc) is 2.90. The van der Waals surface area contributed by atoms with Crippen LogP contribution in [-0.2, 0) is 14.8 Å². The number of nitrogens with zero attached hydrogens (tertiary/aromatic N) is 2. The van der Waals surface area contributed by atoms with Crippen LogP contribution in [0.15, 0.2) is 53.6 Å². The molecule has 0 unspecified atom stereocenters. The fourth-order valence-electron chi connectivity index (χ4n) is 4.42. The van der Waals surface area contributed by atoms with Gasteiger partial charge in [0.1, 0.15) is 29.2 Å². The lowest BCUT2D eigenvalue weighted by Gasteiger charge is -2.35. The van der Waals surface area contributed by atoms with Gasteiger partial charge in [-0.2, -0.15) is 0 Å². The van der Waals surface area contributed by atoms with Gasteiger partial charge in [0.2, 0.25) is 5.88 Å². The van der Waals surface area contributed by atoms with Gasteiger partial charge >= 0.3 is 5.97 Å². The number of hydrogen-bond acceptors (Lipinski definition) is 7. The number of halogens is 2. The fourth-order valence-corrected chi connectivity index (χ4v) is 6.40. The van der Waals surface area contributed by atoms with E-state index in [1.807, 2.05) is 0 Å². The van der Waals surface area contributed by atoms with E-state index in [0.29, 0.717) is 16.7 Å². The number of carboxylic acid groups (broad SMARTS) is 1. The summed E-state index contributed by atoms with van der Waals surface area (Å²) in [4.78, 5) is 15.2. The molecule has 0 saturated carbocycles. The zero-order valence-electron chi connectivity index (χ0n) is 22.7. The second-order valence-electron chi connectivity index (χ2n) is 9.84. The summed E-state index contributed by atoms with van der Waals surface area (Å²) in [6, 6.07) is 10.7. The number of allylic oxidation sites excluding steroid dienone is 1. The van der Waals surface area contributed by atoms with Crippen LogP contribution in [0.2, 0.25) is 5.02 Å². The summed E-state index contributed by atoms with van der Waals surface area (Å²) in [6.45, 7) is 4.54. The second kappa shape index (κ2) is 12.5. The molecule has 2 N–H and O–H groups in total. The quantitative estimate of drug-likeness (QED) is 0.298. The Morgan fingerprint density at radius 1 is 1.32 bits per heavy atom. The lowest BCUT2D eigenvalue weighted by molar-refractivity contribution is -0.137. The van der Waals surface area contributed by atoms with Crippen molar-refractivity contribution in [1.29, 1.82) is 0 Å². The second-order valence-corrected chi connectivity index (χ2v) is 12.1. The first-order chi connectivity index (χ1) is 19.4. The number of hydrogen-bond donors (Lipinski definition) is 2. The van der Waals surface area contributed by atoms with Gasteiger partial charge in [-0.25, -0.2) is 17.8 Å². The molecule has 1 aromatic heterocycles. The molecule has 0 amide bonds. The van der Waals surface area contributed by atoms with E-state index in [4.69, 9.17) is 21.1 Å². The molecule has 1 aliphatic heterocycles. The fraction of sp³-hybridized carbons (Fsp3) is 0.310. The Morgan fingerprint density at radius 2 is 2.07 bits per heavy atom. The largest absolute Gasteiger partial charge is 0.486 e. The van der Waals surface area contributed by atoms with Crippen molar-refractivity contribution >= 4 is 44.9 Å². The van der Waals surface area contributed by atoms with Gasteiger partial charge in [-0.15, -0.1) is 0 Å². The molecule has 0 radical (unpaired) electrons. The highest BCUT2D eigenvalue weighted by Crippen LogP contribution is 2.41. The number of fused-ring (bicyclic) bond motifs is 1. The van der Waals surface area contributed by atoms with Crippen LogP contribution in [0, 0.1) is 12.7 Å². The molecule has 0 fully saturated rings. The van der Waals surface area contributed by atoms with Crippen LogP contribution in [-0.4, -0.2) is 54.9 Å². The van der Waals surface area contributed by atoms with Crippen LogP contribution in [0.4, 0.5) is 10.1 Å². The molecule has 2 atom stereocenters. The van der Waals surface area contributed by atoms with Crippen LogP contribution in [0.3, 0.4) is 0 Å². The highest BCUT2D eigenvalue weighted by atomic mass is 35.5. The highest BCUT2D eigenvalue weighted by molar-refractivity contribution is 7.93. The molecule has 41 heavy (non-hydrogen) atoms. The molecule has 12 heteroatoms. The number of benzene rings is 2. The third-order valence-electron chi connectivity index (χ3n) is 6.32. The van der Waals surface area contributed by atoms with Gasteiger partial charge in [-0.05, 0) is 74.2 Å². The first-order valence-corrected chi connectivity index (χ1v) is 14.6. The number of sulfonamides is 1. The normalized spacial score (nSPS) is 16.1. The first kappa shape index (κ1) is 30.3. The number of aliphatic hydroxyl groups is 1. The van der Waals surface area contributed by atoms with Crippen LogP contribution >= 0.6 is 11.6 Å². The van der Waals surface area contributed by atoms with Crippen molar-refractivity contribution in [1.82, 2.24) is 4.98 Å². The van der Waals surface area contributed by atoms with Crippen LogP contribution in [0.5, 0.6) is 11.6 Å². The Bertz CT molecular complexity index is 1570. The van der Waals surface area contributed by atoms with E-state index in [1.54, 1.807) is 44.2 Å². The van der Waals surface area contributed by atoms with E-state index < -0.39 is 34.0 Å². The summed E-state index contributed by atoms with van der Waals surface area (Å²) in [5.41, 5.74) is 2.09. The molecule has 3 aromatic rings. The zero-order chi connectivity index (χ0) is 29.9. The van der Waals surface area contributed by atoms with Crippen molar-refractivity contribution in [2.24, 2.45) is 0 Å². The summed E-state index contributed by atoms with van der Waals surface area (Å²) in [5, 5.41) is 19.1. The molecule has 0 bridgehead atoms. The summed E-state index contributed by atoms with van der Waals surface area (Å²) in [5.74, 6) is -1.46. The molecule has 2 aromatic carbocycles. The van der Waals surface area contributed by atoms with Gasteiger partial charge in [0.15, 0.2) is 0 Å². The average molecular weight is 605 g/mol. The molecule has 2 heterocycles. The number of aliphatic hydroxyl groups excluding tert-OH is 1. The van der Waals surface area contributed by atoms with Crippen molar-refractivity contribution in [2.75, 3.05) is 17.5 Å². The van der Waals surface area contributed by atoms with Gasteiger partial charge < -0.3 is 19.7 Å². The van der Waals surface area contributed by atoms with E-state index in [2.05, 4.69) is 4.98 Å². The molecule has 9 nitrogen and oxygen atoms in total. The van der Waals surface area contributed by atoms with E-state index in [-0.39, 0.29) is 58.8 Å². The molecule has 0 saturated heterocycles. The Balaban J connectivity index is 1.81.